The number of guanidine groups is 1. The number of benzene rings is 1. The Hall–Kier alpha value is -2.96. The molecular formula is C13H12F5N5O3. The quantitative estimate of drug-likeness (QED) is 0.406. The number of nitrogens with zero attached hydrogens (tertiary/aromatic N) is 2. The molecule has 8 nitrogen and oxygen atoms in total. The van der Waals surface area contributed by atoms with E-state index in [0.717, 1.165) is 30.5 Å². The van der Waals surface area contributed by atoms with Crippen LogP contribution in [0.2, 0.25) is 0 Å². The van der Waals surface area contributed by atoms with Gasteiger partial charge in [-0.1, -0.05) is 12.1 Å². The second kappa shape index (κ2) is 7.11. The average Bonchev–Trinajstić information content (AvgIpc) is 2.52. The molecule has 142 valence electrons. The summed E-state index contributed by atoms with van der Waals surface area (Å²) in [5.74, 6) is -0.665. The Morgan fingerprint density at radius 1 is 1.31 bits per heavy atom. The van der Waals surface area contributed by atoms with Crippen LogP contribution in [0.25, 0.3) is 0 Å². The summed E-state index contributed by atoms with van der Waals surface area (Å²) >= 11 is 0. The molecule has 0 bridgehead atoms. The minimum atomic E-state index is -4.59. The molecule has 2 rings (SSSR count). The van der Waals surface area contributed by atoms with Gasteiger partial charge in [-0.05, 0) is 12.1 Å². The maximum atomic E-state index is 12.3. The van der Waals surface area contributed by atoms with Crippen LogP contribution < -0.4 is 21.1 Å². The largest absolute Gasteiger partial charge is 0.435 e. The fraction of sp³-hybridized carbons (Fsp3) is 0.308. The second-order valence-electron chi connectivity index (χ2n) is 5.05. The van der Waals surface area contributed by atoms with Crippen LogP contribution in [-0.2, 0) is 5.66 Å². The number of alkyl halides is 5. The molecule has 1 aromatic rings. The van der Waals surface area contributed by atoms with Crippen LogP contribution in [0.1, 0.15) is 5.56 Å². The van der Waals surface area contributed by atoms with Gasteiger partial charge in [0.1, 0.15) is 12.3 Å². The van der Waals surface area contributed by atoms with Crippen molar-refractivity contribution < 1.29 is 31.6 Å². The van der Waals surface area contributed by atoms with Crippen molar-refractivity contribution in [1.82, 2.24) is 10.6 Å². The maximum Gasteiger partial charge on any atom is 0.408 e. The maximum absolute atomic E-state index is 12.3. The third-order valence-corrected chi connectivity index (χ3v) is 3.21. The lowest BCUT2D eigenvalue weighted by Crippen LogP contribution is -2.61. The molecule has 26 heavy (non-hydrogen) atoms. The number of hydrogen-bond acceptors (Lipinski definition) is 5. The number of hydrogen-bond donors (Lipinski definition) is 3. The Labute approximate surface area is 142 Å². The number of nitrogens with one attached hydrogen (secondary N) is 2. The third-order valence-electron chi connectivity index (χ3n) is 3.21. The molecule has 1 aromatic carbocycles. The molecule has 1 aliphatic rings. The van der Waals surface area contributed by atoms with Gasteiger partial charge in [-0.25, -0.2) is 4.99 Å². The highest BCUT2D eigenvalue weighted by atomic mass is 19.4. The van der Waals surface area contributed by atoms with E-state index in [9.17, 15) is 32.1 Å². The predicted molar refractivity (Wildman–Crippen MR) is 78.6 cm³/mol. The van der Waals surface area contributed by atoms with Crippen LogP contribution in [0, 0.1) is 10.1 Å². The average molecular weight is 381 g/mol. The molecule has 0 fully saturated rings. The van der Waals surface area contributed by atoms with E-state index in [-0.39, 0.29) is 11.3 Å². The summed E-state index contributed by atoms with van der Waals surface area (Å²) in [6.45, 7) is -4.61. The van der Waals surface area contributed by atoms with E-state index in [0.29, 0.717) is 0 Å². The van der Waals surface area contributed by atoms with Crippen molar-refractivity contribution in [3.63, 3.8) is 0 Å². The van der Waals surface area contributed by atoms with Crippen molar-refractivity contribution in [2.75, 3.05) is 6.54 Å². The summed E-state index contributed by atoms with van der Waals surface area (Å²) in [7, 11) is 0. The van der Waals surface area contributed by atoms with Crippen LogP contribution in [0.4, 0.5) is 22.0 Å². The fourth-order valence-electron chi connectivity index (χ4n) is 2.11. The molecule has 1 unspecified atom stereocenters. The zero-order valence-corrected chi connectivity index (χ0v) is 12.8. The number of nitro groups is 1. The molecule has 4 N–H and O–H groups in total. The van der Waals surface area contributed by atoms with E-state index in [4.69, 9.17) is 5.73 Å². The SMILES string of the molecule is NC1(c2ccc(OC(F)F)cc2)NC(=NCC(F)(F)F)NC=C1[N+](=O)[O-]. The summed E-state index contributed by atoms with van der Waals surface area (Å²) in [5, 5.41) is 15.8. The van der Waals surface area contributed by atoms with Crippen molar-refractivity contribution >= 4 is 5.96 Å². The minimum Gasteiger partial charge on any atom is -0.435 e. The number of ether oxygens (including phenoxy) is 1. The Morgan fingerprint density at radius 2 is 1.92 bits per heavy atom. The summed E-state index contributed by atoms with van der Waals surface area (Å²) in [5.41, 5.74) is 3.34. The normalized spacial score (nSPS) is 21.8. The van der Waals surface area contributed by atoms with Gasteiger partial charge in [0.15, 0.2) is 5.96 Å². The van der Waals surface area contributed by atoms with E-state index in [2.05, 4.69) is 20.4 Å². The van der Waals surface area contributed by atoms with E-state index in [1.807, 2.05) is 0 Å². The molecule has 0 saturated carbocycles. The number of rotatable bonds is 5. The highest BCUT2D eigenvalue weighted by molar-refractivity contribution is 5.83. The summed E-state index contributed by atoms with van der Waals surface area (Å²) < 4.78 is 65.4. The lowest BCUT2D eigenvalue weighted by Gasteiger charge is -2.32. The van der Waals surface area contributed by atoms with Crippen molar-refractivity contribution in [1.29, 1.82) is 0 Å². The molecule has 1 heterocycles. The van der Waals surface area contributed by atoms with E-state index in [1.54, 1.807) is 0 Å². The van der Waals surface area contributed by atoms with E-state index < -0.39 is 41.6 Å². The first kappa shape index (κ1) is 19.4. The van der Waals surface area contributed by atoms with E-state index in [1.165, 1.54) is 0 Å². The summed E-state index contributed by atoms with van der Waals surface area (Å²) in [6.07, 6.45) is -3.79. The van der Waals surface area contributed by atoms with Crippen LogP contribution in [-0.4, -0.2) is 30.2 Å². The van der Waals surface area contributed by atoms with Crippen LogP contribution in [0.15, 0.2) is 41.2 Å². The molecule has 13 heteroatoms. The van der Waals surface area contributed by atoms with Crippen molar-refractivity contribution in [3.05, 3.63) is 51.8 Å². The third kappa shape index (κ3) is 4.56. The van der Waals surface area contributed by atoms with Gasteiger partial charge in [-0.3, -0.25) is 15.8 Å². The number of nitrogens with two attached hydrogens (primary N) is 1. The van der Waals surface area contributed by atoms with Gasteiger partial charge in [0.25, 0.3) is 0 Å². The zero-order chi connectivity index (χ0) is 19.5. The molecule has 0 radical (unpaired) electrons. The molecule has 0 aliphatic carbocycles. The number of aliphatic imine (C=N–C) groups is 1. The molecule has 0 amide bonds. The van der Waals surface area contributed by atoms with Crippen molar-refractivity contribution in [3.8, 4) is 5.75 Å². The summed E-state index contributed by atoms with van der Waals surface area (Å²) in [6, 6.07) is 4.50. The highest BCUT2D eigenvalue weighted by Crippen LogP contribution is 2.28. The van der Waals surface area contributed by atoms with Gasteiger partial charge < -0.3 is 15.4 Å². The number of halogens is 5. The first-order valence-corrected chi connectivity index (χ1v) is 6.86. The highest BCUT2D eigenvalue weighted by Gasteiger charge is 2.44. The van der Waals surface area contributed by atoms with Gasteiger partial charge in [-0.15, -0.1) is 0 Å². The zero-order valence-electron chi connectivity index (χ0n) is 12.8. The first-order valence-electron chi connectivity index (χ1n) is 6.86. The fourth-order valence-corrected chi connectivity index (χ4v) is 2.11. The Kier molecular flexibility index (Phi) is 5.30. The van der Waals surface area contributed by atoms with Crippen LogP contribution in [0.3, 0.4) is 0 Å². The van der Waals surface area contributed by atoms with Gasteiger partial charge in [0, 0.05) is 5.56 Å². The Balaban J connectivity index is 2.35. The van der Waals surface area contributed by atoms with Crippen molar-refractivity contribution in [2.24, 2.45) is 10.7 Å². The van der Waals surface area contributed by atoms with Crippen molar-refractivity contribution in [2.45, 2.75) is 18.5 Å². The van der Waals surface area contributed by atoms with Crippen LogP contribution in [0.5, 0.6) is 5.75 Å². The lowest BCUT2D eigenvalue weighted by molar-refractivity contribution is -0.437. The molecular weight excluding hydrogens is 369 g/mol. The minimum absolute atomic E-state index is 0.0169. The molecule has 1 aliphatic heterocycles. The topological polar surface area (TPSA) is 115 Å². The first-order chi connectivity index (χ1) is 12.0. The molecule has 1 atom stereocenters. The molecule has 0 aromatic heterocycles. The van der Waals surface area contributed by atoms with Gasteiger partial charge >= 0.3 is 18.5 Å². The molecule has 0 saturated heterocycles. The van der Waals surface area contributed by atoms with Gasteiger partial charge in [0.05, 0.1) is 11.1 Å². The van der Waals surface area contributed by atoms with Gasteiger partial charge in [-0.2, -0.15) is 22.0 Å². The smallest absolute Gasteiger partial charge is 0.408 e. The summed E-state index contributed by atoms with van der Waals surface area (Å²) in [4.78, 5) is 13.6. The predicted octanol–water partition coefficient (Wildman–Crippen LogP) is 1.63. The van der Waals surface area contributed by atoms with Crippen LogP contribution >= 0.6 is 0 Å². The van der Waals surface area contributed by atoms with Gasteiger partial charge in [0.2, 0.25) is 5.66 Å². The lowest BCUT2D eigenvalue weighted by atomic mass is 9.96. The Bertz CT molecular complexity index is 735. The second-order valence-corrected chi connectivity index (χ2v) is 5.05. The van der Waals surface area contributed by atoms with E-state index >= 15 is 0 Å². The molecule has 0 spiro atoms. The Morgan fingerprint density at radius 3 is 2.42 bits per heavy atom. The monoisotopic (exact) mass is 381 g/mol. The standard InChI is InChI=1S/C13H12F5N5O3/c14-10(15)26-8-3-1-7(2-4-8)13(19)9(23(24)25)5-20-11(22-13)21-6-12(16,17)18/h1-5,10H,6,19H2,(H2,20,21,22).